The Kier molecular flexibility index (Phi) is 7.55. The van der Waals surface area contributed by atoms with E-state index >= 15 is 0 Å². The van der Waals surface area contributed by atoms with Crippen LogP contribution in [0.25, 0.3) is 0 Å². The molecule has 4 heteroatoms. The highest BCUT2D eigenvalue weighted by Gasteiger charge is 2.08. The maximum absolute atomic E-state index is 5.55. The third-order valence-corrected chi connectivity index (χ3v) is 3.14. The Bertz CT molecular complexity index is 406. The number of aromatic nitrogens is 1. The minimum atomic E-state index is 0.606. The molecule has 0 fully saturated rings. The molecule has 1 heterocycles. The quantitative estimate of drug-likeness (QED) is 0.706. The first-order chi connectivity index (χ1) is 9.56. The number of hydrogen-bond donors (Lipinski definition) is 1. The van der Waals surface area contributed by atoms with Gasteiger partial charge in [0, 0.05) is 37.1 Å². The molecule has 1 rings (SSSR count). The normalized spacial score (nSPS) is 11.1. The molecule has 0 spiro atoms. The summed E-state index contributed by atoms with van der Waals surface area (Å²) in [6.07, 6.45) is 2.89. The number of nitrogens with zero attached hydrogens (tertiary/aromatic N) is 1. The number of pyridine rings is 1. The molecule has 0 aliphatic rings. The largest absolute Gasteiger partial charge is 0.496 e. The molecule has 0 saturated heterocycles. The number of ether oxygens (including phenoxy) is 2. The Morgan fingerprint density at radius 1 is 1.30 bits per heavy atom. The van der Waals surface area contributed by atoms with Gasteiger partial charge in [0.1, 0.15) is 5.75 Å². The van der Waals surface area contributed by atoms with Gasteiger partial charge in [-0.15, -0.1) is 0 Å². The van der Waals surface area contributed by atoms with Crippen LogP contribution in [-0.4, -0.2) is 31.9 Å². The van der Waals surface area contributed by atoms with Gasteiger partial charge in [0.05, 0.1) is 12.8 Å². The van der Waals surface area contributed by atoms with Crippen LogP contribution in [0, 0.1) is 19.8 Å². The molecular formula is C16H28N2O2. The van der Waals surface area contributed by atoms with E-state index in [-0.39, 0.29) is 0 Å². The zero-order chi connectivity index (χ0) is 15.0. The maximum Gasteiger partial charge on any atom is 0.128 e. The average Bonchev–Trinajstić information content (AvgIpc) is 2.40. The van der Waals surface area contributed by atoms with E-state index in [4.69, 9.17) is 9.47 Å². The van der Waals surface area contributed by atoms with Gasteiger partial charge >= 0.3 is 0 Å². The van der Waals surface area contributed by atoms with Crippen molar-refractivity contribution >= 4 is 0 Å². The van der Waals surface area contributed by atoms with E-state index in [1.165, 1.54) is 0 Å². The number of nitrogens with one attached hydrogen (secondary N) is 1. The van der Waals surface area contributed by atoms with E-state index in [0.717, 1.165) is 55.3 Å². The molecule has 0 unspecified atom stereocenters. The first-order valence-corrected chi connectivity index (χ1v) is 7.33. The molecule has 1 aromatic rings. The van der Waals surface area contributed by atoms with Crippen molar-refractivity contribution in [2.45, 2.75) is 40.7 Å². The van der Waals surface area contributed by atoms with Crippen molar-refractivity contribution in [2.24, 2.45) is 5.92 Å². The van der Waals surface area contributed by atoms with E-state index in [1.54, 1.807) is 7.11 Å². The van der Waals surface area contributed by atoms with Gasteiger partial charge in [-0.25, -0.2) is 0 Å². The van der Waals surface area contributed by atoms with E-state index in [0.29, 0.717) is 5.92 Å². The zero-order valence-corrected chi connectivity index (χ0v) is 13.5. The zero-order valence-electron chi connectivity index (χ0n) is 13.5. The Balaban J connectivity index is 2.29. The predicted octanol–water partition coefficient (Wildman–Crippen LogP) is 2.86. The molecule has 0 aromatic carbocycles. The van der Waals surface area contributed by atoms with Crippen molar-refractivity contribution in [3.8, 4) is 5.75 Å². The van der Waals surface area contributed by atoms with Crippen molar-refractivity contribution in [3.63, 3.8) is 0 Å². The molecule has 114 valence electrons. The van der Waals surface area contributed by atoms with Crippen molar-refractivity contribution in [2.75, 3.05) is 26.9 Å². The summed E-state index contributed by atoms with van der Waals surface area (Å²) < 4.78 is 11.0. The van der Waals surface area contributed by atoms with Gasteiger partial charge in [0.2, 0.25) is 0 Å². The molecule has 0 radical (unpaired) electrons. The summed E-state index contributed by atoms with van der Waals surface area (Å²) in [7, 11) is 1.71. The molecule has 0 aliphatic heterocycles. The molecule has 1 aromatic heterocycles. The third kappa shape index (κ3) is 5.47. The number of methoxy groups -OCH3 is 1. The predicted molar refractivity (Wildman–Crippen MR) is 82.2 cm³/mol. The summed E-state index contributed by atoms with van der Waals surface area (Å²) in [5.74, 6) is 1.55. The number of hydrogen-bond acceptors (Lipinski definition) is 4. The van der Waals surface area contributed by atoms with Gasteiger partial charge in [0.25, 0.3) is 0 Å². The van der Waals surface area contributed by atoms with Crippen molar-refractivity contribution in [1.29, 1.82) is 0 Å². The lowest BCUT2D eigenvalue weighted by atomic mass is 10.1. The second-order valence-electron chi connectivity index (χ2n) is 5.55. The minimum absolute atomic E-state index is 0.606. The lowest BCUT2D eigenvalue weighted by Crippen LogP contribution is -2.18. The molecule has 0 atom stereocenters. The van der Waals surface area contributed by atoms with Gasteiger partial charge in [0.15, 0.2) is 0 Å². The molecular weight excluding hydrogens is 252 g/mol. The molecule has 0 aliphatic carbocycles. The lowest BCUT2D eigenvalue weighted by molar-refractivity contribution is 0.108. The molecule has 20 heavy (non-hydrogen) atoms. The standard InChI is InChI=1S/C16H28N2O2/c1-12(2)11-20-8-6-7-17-10-15-14(4)16(19-5)13(3)9-18-15/h9,12,17H,6-8,10-11H2,1-5H3. The maximum atomic E-state index is 5.55. The first kappa shape index (κ1) is 16.9. The van der Waals surface area contributed by atoms with Crippen molar-refractivity contribution in [3.05, 3.63) is 23.0 Å². The second-order valence-corrected chi connectivity index (χ2v) is 5.55. The van der Waals surface area contributed by atoms with E-state index < -0.39 is 0 Å². The van der Waals surface area contributed by atoms with Crippen LogP contribution >= 0.6 is 0 Å². The van der Waals surface area contributed by atoms with Crippen LogP contribution in [0.2, 0.25) is 0 Å². The number of aryl methyl sites for hydroxylation is 1. The van der Waals surface area contributed by atoms with Gasteiger partial charge in [-0.3, -0.25) is 4.98 Å². The molecule has 0 saturated carbocycles. The highest BCUT2D eigenvalue weighted by atomic mass is 16.5. The van der Waals surface area contributed by atoms with Crippen molar-refractivity contribution in [1.82, 2.24) is 10.3 Å². The van der Waals surface area contributed by atoms with Crippen molar-refractivity contribution < 1.29 is 9.47 Å². The Labute approximate surface area is 122 Å². The summed E-state index contributed by atoms with van der Waals surface area (Å²) in [5, 5.41) is 3.40. The van der Waals surface area contributed by atoms with Gasteiger partial charge in [-0.05, 0) is 32.7 Å². The van der Waals surface area contributed by atoms with E-state index in [2.05, 4.69) is 31.1 Å². The Morgan fingerprint density at radius 2 is 2.05 bits per heavy atom. The minimum Gasteiger partial charge on any atom is -0.496 e. The van der Waals surface area contributed by atoms with Gasteiger partial charge < -0.3 is 14.8 Å². The third-order valence-electron chi connectivity index (χ3n) is 3.14. The molecule has 4 nitrogen and oxygen atoms in total. The fourth-order valence-corrected chi connectivity index (χ4v) is 2.07. The average molecular weight is 280 g/mol. The van der Waals surface area contributed by atoms with Crippen LogP contribution in [0.3, 0.4) is 0 Å². The SMILES string of the molecule is COc1c(C)cnc(CNCCCOCC(C)C)c1C. The summed E-state index contributed by atoms with van der Waals surface area (Å²) in [5.41, 5.74) is 3.25. The van der Waals surface area contributed by atoms with Gasteiger partial charge in [-0.1, -0.05) is 13.8 Å². The van der Waals surface area contributed by atoms with Crippen LogP contribution in [-0.2, 0) is 11.3 Å². The van der Waals surface area contributed by atoms with Crippen LogP contribution < -0.4 is 10.1 Å². The highest BCUT2D eigenvalue weighted by molar-refractivity contribution is 5.40. The van der Waals surface area contributed by atoms with Crippen LogP contribution in [0.15, 0.2) is 6.20 Å². The highest BCUT2D eigenvalue weighted by Crippen LogP contribution is 2.23. The fraction of sp³-hybridized carbons (Fsp3) is 0.688. The van der Waals surface area contributed by atoms with E-state index in [9.17, 15) is 0 Å². The molecule has 1 N–H and O–H groups in total. The smallest absolute Gasteiger partial charge is 0.128 e. The fourth-order valence-electron chi connectivity index (χ4n) is 2.07. The summed E-state index contributed by atoms with van der Waals surface area (Å²) in [6.45, 7) is 11.8. The van der Waals surface area contributed by atoms with Crippen LogP contribution in [0.4, 0.5) is 0 Å². The lowest BCUT2D eigenvalue weighted by Gasteiger charge is -2.13. The Morgan fingerprint density at radius 3 is 2.70 bits per heavy atom. The topological polar surface area (TPSA) is 43.4 Å². The summed E-state index contributed by atoms with van der Waals surface area (Å²) >= 11 is 0. The van der Waals surface area contributed by atoms with Gasteiger partial charge in [-0.2, -0.15) is 0 Å². The van der Waals surface area contributed by atoms with Crippen LogP contribution in [0.5, 0.6) is 5.75 Å². The summed E-state index contributed by atoms with van der Waals surface area (Å²) in [4.78, 5) is 4.47. The Hall–Kier alpha value is -1.13. The first-order valence-electron chi connectivity index (χ1n) is 7.33. The molecule has 0 bridgehead atoms. The second kappa shape index (κ2) is 8.93. The van der Waals surface area contributed by atoms with E-state index in [1.807, 2.05) is 13.1 Å². The molecule has 0 amide bonds. The monoisotopic (exact) mass is 280 g/mol. The number of rotatable bonds is 9. The summed E-state index contributed by atoms with van der Waals surface area (Å²) in [6, 6.07) is 0. The van der Waals surface area contributed by atoms with Crippen LogP contribution in [0.1, 0.15) is 37.1 Å².